The van der Waals surface area contributed by atoms with E-state index in [0.29, 0.717) is 12.1 Å². The predicted molar refractivity (Wildman–Crippen MR) is 75.7 cm³/mol. The molecular formula is C15H22N2O2. The summed E-state index contributed by atoms with van der Waals surface area (Å²) in [5.41, 5.74) is 1.44. The van der Waals surface area contributed by atoms with Gasteiger partial charge in [-0.25, -0.2) is 0 Å². The van der Waals surface area contributed by atoms with E-state index >= 15 is 0 Å². The molecule has 0 bridgehead atoms. The van der Waals surface area contributed by atoms with Crippen LogP contribution in [-0.2, 0) is 11.3 Å². The van der Waals surface area contributed by atoms with E-state index in [-0.39, 0.29) is 23.8 Å². The molecule has 4 heteroatoms. The van der Waals surface area contributed by atoms with Crippen LogP contribution in [0.4, 0.5) is 0 Å². The maximum absolute atomic E-state index is 12.0. The first-order valence-corrected chi connectivity index (χ1v) is 6.58. The maximum Gasteiger partial charge on any atom is 0.251 e. The third-order valence-electron chi connectivity index (χ3n) is 2.66. The lowest BCUT2D eigenvalue weighted by atomic mass is 10.1. The zero-order valence-corrected chi connectivity index (χ0v) is 12.0. The largest absolute Gasteiger partial charge is 0.352 e. The standard InChI is InChI=1S/C15H22N2O2/c1-10(2)14(18)16-9-12-7-5-6-8-13(12)15(19)17-11(3)4/h5-8,10-11H,9H2,1-4H3,(H,16,18)(H,17,19). The highest BCUT2D eigenvalue weighted by Crippen LogP contribution is 2.09. The van der Waals surface area contributed by atoms with Crippen LogP contribution >= 0.6 is 0 Å². The van der Waals surface area contributed by atoms with Gasteiger partial charge in [-0.1, -0.05) is 32.0 Å². The average molecular weight is 262 g/mol. The predicted octanol–water partition coefficient (Wildman–Crippen LogP) is 2.10. The number of carbonyl (C=O) groups is 2. The van der Waals surface area contributed by atoms with Crippen molar-refractivity contribution in [3.05, 3.63) is 35.4 Å². The molecule has 0 saturated carbocycles. The molecular weight excluding hydrogens is 240 g/mol. The number of amides is 2. The lowest BCUT2D eigenvalue weighted by molar-refractivity contribution is -0.124. The summed E-state index contributed by atoms with van der Waals surface area (Å²) < 4.78 is 0. The van der Waals surface area contributed by atoms with Gasteiger partial charge in [-0.05, 0) is 25.5 Å². The Hall–Kier alpha value is -1.84. The quantitative estimate of drug-likeness (QED) is 0.853. The first kappa shape index (κ1) is 15.2. The molecule has 0 aliphatic carbocycles. The van der Waals surface area contributed by atoms with E-state index in [0.717, 1.165) is 5.56 Å². The highest BCUT2D eigenvalue weighted by Gasteiger charge is 2.13. The van der Waals surface area contributed by atoms with Gasteiger partial charge in [0.25, 0.3) is 5.91 Å². The van der Waals surface area contributed by atoms with Crippen LogP contribution in [0.15, 0.2) is 24.3 Å². The van der Waals surface area contributed by atoms with Gasteiger partial charge >= 0.3 is 0 Å². The van der Waals surface area contributed by atoms with Crippen molar-refractivity contribution in [2.75, 3.05) is 0 Å². The molecule has 1 aromatic rings. The van der Waals surface area contributed by atoms with Crippen LogP contribution in [-0.4, -0.2) is 17.9 Å². The first-order valence-electron chi connectivity index (χ1n) is 6.58. The Bertz CT molecular complexity index is 453. The molecule has 19 heavy (non-hydrogen) atoms. The molecule has 0 aliphatic rings. The molecule has 0 aromatic heterocycles. The molecule has 0 aliphatic heterocycles. The average Bonchev–Trinajstić information content (AvgIpc) is 2.35. The third-order valence-corrected chi connectivity index (χ3v) is 2.66. The van der Waals surface area contributed by atoms with Crippen molar-refractivity contribution in [3.8, 4) is 0 Å². The zero-order chi connectivity index (χ0) is 14.4. The molecule has 4 nitrogen and oxygen atoms in total. The second-order valence-corrected chi connectivity index (χ2v) is 5.16. The lowest BCUT2D eigenvalue weighted by Gasteiger charge is -2.13. The minimum absolute atomic E-state index is 0.0147. The van der Waals surface area contributed by atoms with Gasteiger partial charge in [0.2, 0.25) is 5.91 Å². The van der Waals surface area contributed by atoms with E-state index in [1.807, 2.05) is 45.9 Å². The van der Waals surface area contributed by atoms with Crippen molar-refractivity contribution in [2.45, 2.75) is 40.3 Å². The van der Waals surface area contributed by atoms with Crippen molar-refractivity contribution < 1.29 is 9.59 Å². The SMILES string of the molecule is CC(C)NC(=O)c1ccccc1CNC(=O)C(C)C. The van der Waals surface area contributed by atoms with E-state index in [1.54, 1.807) is 6.07 Å². The number of hydrogen-bond acceptors (Lipinski definition) is 2. The Kier molecular flexibility index (Phi) is 5.55. The van der Waals surface area contributed by atoms with Crippen molar-refractivity contribution in [3.63, 3.8) is 0 Å². The molecule has 0 atom stereocenters. The van der Waals surface area contributed by atoms with Crippen molar-refractivity contribution in [2.24, 2.45) is 5.92 Å². The molecule has 0 saturated heterocycles. The van der Waals surface area contributed by atoms with Gasteiger partial charge in [-0.3, -0.25) is 9.59 Å². The van der Waals surface area contributed by atoms with Gasteiger partial charge in [-0.2, -0.15) is 0 Å². The smallest absolute Gasteiger partial charge is 0.251 e. The topological polar surface area (TPSA) is 58.2 Å². The Morgan fingerprint density at radius 2 is 1.74 bits per heavy atom. The fraction of sp³-hybridized carbons (Fsp3) is 0.467. The number of nitrogens with one attached hydrogen (secondary N) is 2. The van der Waals surface area contributed by atoms with Crippen LogP contribution in [0.5, 0.6) is 0 Å². The van der Waals surface area contributed by atoms with E-state index < -0.39 is 0 Å². The summed E-state index contributed by atoms with van der Waals surface area (Å²) in [7, 11) is 0. The van der Waals surface area contributed by atoms with Crippen LogP contribution in [0.2, 0.25) is 0 Å². The van der Waals surface area contributed by atoms with Crippen molar-refractivity contribution >= 4 is 11.8 Å². The van der Waals surface area contributed by atoms with Gasteiger partial charge in [0.15, 0.2) is 0 Å². The summed E-state index contributed by atoms with van der Waals surface area (Å²) in [4.78, 5) is 23.6. The number of rotatable bonds is 5. The van der Waals surface area contributed by atoms with E-state index in [9.17, 15) is 9.59 Å². The van der Waals surface area contributed by atoms with Crippen LogP contribution in [0.3, 0.4) is 0 Å². The highest BCUT2D eigenvalue weighted by molar-refractivity contribution is 5.96. The fourth-order valence-corrected chi connectivity index (χ4v) is 1.62. The summed E-state index contributed by atoms with van der Waals surface area (Å²) in [6, 6.07) is 7.40. The molecule has 0 radical (unpaired) electrons. The Labute approximate surface area is 114 Å². The molecule has 1 rings (SSSR count). The number of carbonyl (C=O) groups excluding carboxylic acids is 2. The Morgan fingerprint density at radius 1 is 1.11 bits per heavy atom. The van der Waals surface area contributed by atoms with E-state index in [1.165, 1.54) is 0 Å². The Morgan fingerprint density at radius 3 is 2.32 bits per heavy atom. The summed E-state index contributed by atoms with van der Waals surface area (Å²) in [6.45, 7) is 7.89. The summed E-state index contributed by atoms with van der Waals surface area (Å²) in [5.74, 6) is -0.180. The van der Waals surface area contributed by atoms with Gasteiger partial charge in [0.05, 0.1) is 0 Å². The number of hydrogen-bond donors (Lipinski definition) is 2. The molecule has 104 valence electrons. The molecule has 2 amide bonds. The normalized spacial score (nSPS) is 10.6. The van der Waals surface area contributed by atoms with Crippen LogP contribution < -0.4 is 10.6 Å². The summed E-state index contributed by atoms with van der Waals surface area (Å²) in [6.07, 6.45) is 0. The first-order chi connectivity index (χ1) is 8.91. The second-order valence-electron chi connectivity index (χ2n) is 5.16. The highest BCUT2D eigenvalue weighted by atomic mass is 16.2. The fourth-order valence-electron chi connectivity index (χ4n) is 1.62. The second kappa shape index (κ2) is 6.92. The molecule has 0 spiro atoms. The maximum atomic E-state index is 12.0. The summed E-state index contributed by atoms with van der Waals surface area (Å²) >= 11 is 0. The summed E-state index contributed by atoms with van der Waals surface area (Å²) in [5, 5.41) is 5.69. The van der Waals surface area contributed by atoms with Gasteiger partial charge in [0, 0.05) is 24.1 Å². The van der Waals surface area contributed by atoms with Gasteiger partial charge in [0.1, 0.15) is 0 Å². The number of benzene rings is 1. The molecule has 0 fully saturated rings. The van der Waals surface area contributed by atoms with Crippen molar-refractivity contribution in [1.82, 2.24) is 10.6 Å². The van der Waals surface area contributed by atoms with Gasteiger partial charge < -0.3 is 10.6 Å². The van der Waals surface area contributed by atoms with E-state index in [4.69, 9.17) is 0 Å². The Balaban J connectivity index is 2.78. The molecule has 2 N–H and O–H groups in total. The lowest BCUT2D eigenvalue weighted by Crippen LogP contribution is -2.32. The van der Waals surface area contributed by atoms with Crippen LogP contribution in [0.1, 0.15) is 43.6 Å². The van der Waals surface area contributed by atoms with Crippen LogP contribution in [0, 0.1) is 5.92 Å². The monoisotopic (exact) mass is 262 g/mol. The third kappa shape index (κ3) is 4.73. The van der Waals surface area contributed by atoms with E-state index in [2.05, 4.69) is 10.6 Å². The molecule has 1 aromatic carbocycles. The zero-order valence-electron chi connectivity index (χ0n) is 12.0. The van der Waals surface area contributed by atoms with Crippen LogP contribution in [0.25, 0.3) is 0 Å². The minimum Gasteiger partial charge on any atom is -0.352 e. The van der Waals surface area contributed by atoms with Crippen molar-refractivity contribution in [1.29, 1.82) is 0 Å². The molecule has 0 unspecified atom stereocenters. The molecule has 0 heterocycles. The minimum atomic E-state index is -0.107. The van der Waals surface area contributed by atoms with Gasteiger partial charge in [-0.15, -0.1) is 0 Å².